The van der Waals surface area contributed by atoms with Gasteiger partial charge in [-0.3, -0.25) is 9.36 Å². The van der Waals surface area contributed by atoms with Crippen LogP contribution in [0.1, 0.15) is 24.6 Å². The van der Waals surface area contributed by atoms with Crippen molar-refractivity contribution in [3.05, 3.63) is 63.8 Å². The zero-order chi connectivity index (χ0) is 18.1. The number of halogens is 3. The maximum atomic E-state index is 13.6. The van der Waals surface area contributed by atoms with Crippen LogP contribution in [-0.2, 0) is 0 Å². The molecular formula is C19H14ClF2N3O. The third kappa shape index (κ3) is 2.21. The summed E-state index contributed by atoms with van der Waals surface area (Å²) in [4.78, 5) is 21.9. The van der Waals surface area contributed by atoms with Crippen molar-refractivity contribution in [2.45, 2.75) is 24.7 Å². The highest BCUT2D eigenvalue weighted by atomic mass is 35.5. The molecule has 0 spiro atoms. The van der Waals surface area contributed by atoms with E-state index in [1.54, 1.807) is 42.6 Å². The molecule has 3 aromatic rings. The van der Waals surface area contributed by atoms with Crippen LogP contribution in [0, 0.1) is 11.8 Å². The summed E-state index contributed by atoms with van der Waals surface area (Å²) < 4.78 is 28.7. The molecule has 2 aliphatic rings. The number of fused-ring (bicyclic) bond motifs is 2. The first kappa shape index (κ1) is 15.9. The molecule has 132 valence electrons. The quantitative estimate of drug-likeness (QED) is 0.676. The minimum absolute atomic E-state index is 0.169. The lowest BCUT2D eigenvalue weighted by molar-refractivity contribution is 0.0689. The molecule has 0 radical (unpaired) electrons. The SMILES string of the molecule is O=c1c2ncccc2nc([C@H]2C[C@@H]3[C@H](C2)C3(F)F)n1-c1ccc(Cl)cc1. The molecular weight excluding hydrogens is 360 g/mol. The Bertz CT molecular complexity index is 1070. The summed E-state index contributed by atoms with van der Waals surface area (Å²) in [5, 5.41) is 0.553. The summed E-state index contributed by atoms with van der Waals surface area (Å²) in [7, 11) is 0. The topological polar surface area (TPSA) is 47.8 Å². The minimum atomic E-state index is -2.56. The average Bonchev–Trinajstić information content (AvgIpc) is 2.99. The van der Waals surface area contributed by atoms with Crippen LogP contribution in [0.25, 0.3) is 16.7 Å². The molecule has 5 rings (SSSR count). The van der Waals surface area contributed by atoms with Crippen LogP contribution < -0.4 is 5.56 Å². The summed E-state index contributed by atoms with van der Waals surface area (Å²) in [6, 6.07) is 10.3. The number of hydrogen-bond donors (Lipinski definition) is 0. The largest absolute Gasteiger partial charge is 0.284 e. The number of aromatic nitrogens is 3. The highest BCUT2D eigenvalue weighted by Crippen LogP contribution is 2.67. The van der Waals surface area contributed by atoms with Gasteiger partial charge in [0.25, 0.3) is 11.5 Å². The number of nitrogens with zero attached hydrogens (tertiary/aromatic N) is 3. The van der Waals surface area contributed by atoms with E-state index in [2.05, 4.69) is 9.97 Å². The van der Waals surface area contributed by atoms with E-state index in [-0.39, 0.29) is 17.0 Å². The predicted molar refractivity (Wildman–Crippen MR) is 94.0 cm³/mol. The number of benzene rings is 1. The normalized spacial score (nSPS) is 26.0. The molecule has 1 aromatic carbocycles. The van der Waals surface area contributed by atoms with E-state index in [4.69, 9.17) is 11.6 Å². The maximum absolute atomic E-state index is 13.6. The molecule has 7 heteroatoms. The smallest absolute Gasteiger partial charge is 0.266 e. The van der Waals surface area contributed by atoms with Gasteiger partial charge in [0, 0.05) is 29.0 Å². The molecule has 0 bridgehead atoms. The summed E-state index contributed by atoms with van der Waals surface area (Å²) in [6.07, 6.45) is 2.25. The Balaban J connectivity index is 1.70. The van der Waals surface area contributed by atoms with Gasteiger partial charge in [-0.1, -0.05) is 11.6 Å². The highest BCUT2D eigenvalue weighted by molar-refractivity contribution is 6.30. The van der Waals surface area contributed by atoms with Crippen molar-refractivity contribution in [2.75, 3.05) is 0 Å². The predicted octanol–water partition coefficient (Wildman–Crippen LogP) is 4.19. The van der Waals surface area contributed by atoms with Crippen molar-refractivity contribution in [1.82, 2.24) is 14.5 Å². The maximum Gasteiger partial charge on any atom is 0.284 e. The molecule has 2 fully saturated rings. The van der Waals surface area contributed by atoms with E-state index in [0.29, 0.717) is 34.9 Å². The van der Waals surface area contributed by atoms with Crippen LogP contribution in [0.2, 0.25) is 5.02 Å². The van der Waals surface area contributed by atoms with Crippen molar-refractivity contribution in [2.24, 2.45) is 11.8 Å². The van der Waals surface area contributed by atoms with Crippen LogP contribution in [-0.4, -0.2) is 20.5 Å². The molecule has 0 amide bonds. The number of rotatable bonds is 2. The third-order valence-corrected chi connectivity index (χ3v) is 5.80. The molecule has 0 N–H and O–H groups in total. The van der Waals surface area contributed by atoms with Crippen LogP contribution in [0.3, 0.4) is 0 Å². The second kappa shape index (κ2) is 5.33. The Hall–Kier alpha value is -2.34. The zero-order valence-electron chi connectivity index (χ0n) is 13.6. The fourth-order valence-electron chi connectivity index (χ4n) is 4.17. The van der Waals surface area contributed by atoms with Crippen LogP contribution in [0.4, 0.5) is 8.78 Å². The molecule has 0 saturated heterocycles. The van der Waals surface area contributed by atoms with E-state index in [9.17, 15) is 13.6 Å². The van der Waals surface area contributed by atoms with Crippen LogP contribution >= 0.6 is 11.6 Å². The van der Waals surface area contributed by atoms with Crippen LogP contribution in [0.5, 0.6) is 0 Å². The first-order chi connectivity index (χ1) is 12.5. The van der Waals surface area contributed by atoms with Gasteiger partial charge in [0.05, 0.1) is 11.2 Å². The number of hydrogen-bond acceptors (Lipinski definition) is 3. The van der Waals surface area contributed by atoms with Crippen molar-refractivity contribution in [3.8, 4) is 5.69 Å². The molecule has 2 aromatic heterocycles. The van der Waals surface area contributed by atoms with Gasteiger partial charge in [-0.2, -0.15) is 0 Å². The second-order valence-corrected chi connectivity index (χ2v) is 7.45. The third-order valence-electron chi connectivity index (χ3n) is 5.55. The standard InChI is InChI=1S/C19H14ClF2N3O/c20-11-3-5-12(6-4-11)25-17(10-8-13-14(9-10)19(13,21)22)24-15-2-1-7-23-16(15)18(25)26/h1-7,10,13-14H,8-9H2/t10-,13+,14-. The number of alkyl halides is 2. The molecule has 2 aliphatic carbocycles. The molecule has 2 saturated carbocycles. The van der Waals surface area contributed by atoms with Gasteiger partial charge in [-0.05, 0) is 49.2 Å². The first-order valence-electron chi connectivity index (χ1n) is 8.48. The van der Waals surface area contributed by atoms with Gasteiger partial charge in [-0.15, -0.1) is 0 Å². The van der Waals surface area contributed by atoms with E-state index in [1.807, 2.05) is 0 Å². The van der Waals surface area contributed by atoms with Crippen molar-refractivity contribution >= 4 is 22.6 Å². The van der Waals surface area contributed by atoms with Crippen molar-refractivity contribution in [1.29, 1.82) is 0 Å². The first-order valence-corrected chi connectivity index (χ1v) is 8.86. The molecule has 3 atom stereocenters. The van der Waals surface area contributed by atoms with Crippen LogP contribution in [0.15, 0.2) is 47.4 Å². The lowest BCUT2D eigenvalue weighted by atomic mass is 10.0. The molecule has 26 heavy (non-hydrogen) atoms. The van der Waals surface area contributed by atoms with Gasteiger partial charge in [0.2, 0.25) is 0 Å². The van der Waals surface area contributed by atoms with Gasteiger partial charge in [-0.25, -0.2) is 18.7 Å². The monoisotopic (exact) mass is 373 g/mol. The van der Waals surface area contributed by atoms with Gasteiger partial charge in [0.1, 0.15) is 5.82 Å². The lowest BCUT2D eigenvalue weighted by Gasteiger charge is -2.19. The second-order valence-electron chi connectivity index (χ2n) is 7.01. The molecule has 2 heterocycles. The Kier molecular flexibility index (Phi) is 3.26. The van der Waals surface area contributed by atoms with Crippen molar-refractivity contribution < 1.29 is 8.78 Å². The van der Waals surface area contributed by atoms with Gasteiger partial charge >= 0.3 is 0 Å². The molecule has 4 nitrogen and oxygen atoms in total. The summed E-state index contributed by atoms with van der Waals surface area (Å²) >= 11 is 5.96. The number of pyridine rings is 1. The summed E-state index contributed by atoms with van der Waals surface area (Å²) in [5.41, 5.74) is 1.08. The highest BCUT2D eigenvalue weighted by Gasteiger charge is 2.71. The van der Waals surface area contributed by atoms with E-state index in [0.717, 1.165) is 0 Å². The fourth-order valence-corrected chi connectivity index (χ4v) is 4.30. The molecule has 0 aliphatic heterocycles. The lowest BCUT2D eigenvalue weighted by Crippen LogP contribution is -2.26. The Morgan fingerprint density at radius 3 is 2.50 bits per heavy atom. The Labute approximate surface area is 152 Å². The zero-order valence-corrected chi connectivity index (χ0v) is 14.3. The fraction of sp³-hybridized carbons (Fsp3) is 0.316. The van der Waals surface area contributed by atoms with Crippen molar-refractivity contribution in [3.63, 3.8) is 0 Å². The Morgan fingerprint density at radius 1 is 1.12 bits per heavy atom. The Morgan fingerprint density at radius 2 is 1.81 bits per heavy atom. The van der Waals surface area contributed by atoms with Gasteiger partial charge in [0.15, 0.2) is 5.52 Å². The summed E-state index contributed by atoms with van der Waals surface area (Å²) in [5.74, 6) is -3.38. The van der Waals surface area contributed by atoms with E-state index >= 15 is 0 Å². The van der Waals surface area contributed by atoms with E-state index in [1.165, 1.54) is 4.57 Å². The summed E-state index contributed by atoms with van der Waals surface area (Å²) in [6.45, 7) is 0. The van der Waals surface area contributed by atoms with E-state index < -0.39 is 17.8 Å². The van der Waals surface area contributed by atoms with Gasteiger partial charge < -0.3 is 0 Å². The average molecular weight is 374 g/mol. The molecule has 0 unspecified atom stereocenters. The minimum Gasteiger partial charge on any atom is -0.266 e.